The van der Waals surface area contributed by atoms with Crippen LogP contribution in [0, 0.1) is 17.3 Å². The van der Waals surface area contributed by atoms with E-state index in [2.05, 4.69) is 15.4 Å². The molecule has 2 atom stereocenters. The molecule has 4 bridgehead atoms. The first-order chi connectivity index (χ1) is 10.4. The van der Waals surface area contributed by atoms with Crippen LogP contribution in [0.4, 0.5) is 0 Å². The second-order valence-corrected chi connectivity index (χ2v) is 8.39. The molecule has 6 heteroatoms. The molecule has 1 aromatic rings. The summed E-state index contributed by atoms with van der Waals surface area (Å²) < 4.78 is 1.96. The Bertz CT molecular complexity index is 597. The van der Waals surface area contributed by atoms with E-state index in [-0.39, 0.29) is 22.9 Å². The monoisotopic (exact) mass is 322 g/mol. The summed E-state index contributed by atoms with van der Waals surface area (Å²) in [4.78, 5) is 17.0. The van der Waals surface area contributed by atoms with Crippen molar-refractivity contribution in [3.05, 3.63) is 11.6 Å². The Labute approximate surface area is 135 Å². The fourth-order valence-electron chi connectivity index (χ4n) is 5.63. The lowest BCUT2D eigenvalue weighted by molar-refractivity contribution is -0.156. The van der Waals surface area contributed by atoms with Crippen molar-refractivity contribution >= 4 is 17.5 Å². The number of carbonyl (C=O) groups is 1. The number of halogens is 1. The van der Waals surface area contributed by atoms with Crippen molar-refractivity contribution in [2.24, 2.45) is 17.3 Å². The Kier molecular flexibility index (Phi) is 3.09. The van der Waals surface area contributed by atoms with Crippen molar-refractivity contribution in [1.29, 1.82) is 0 Å². The molecule has 0 aliphatic heterocycles. The molecule has 22 heavy (non-hydrogen) atoms. The fraction of sp³-hybridized carbons (Fsp3) is 0.812. The fourth-order valence-corrected chi connectivity index (χ4v) is 5.76. The molecular weight excluding hydrogens is 300 g/mol. The third-order valence-electron chi connectivity index (χ3n) is 5.88. The van der Waals surface area contributed by atoms with Crippen LogP contribution in [0.1, 0.15) is 52.4 Å². The van der Waals surface area contributed by atoms with Gasteiger partial charge in [-0.05, 0) is 75.8 Å². The molecule has 0 aromatic carbocycles. The number of nitrogens with zero attached hydrogens (tertiary/aromatic N) is 3. The minimum Gasteiger partial charge on any atom is -0.353 e. The van der Waals surface area contributed by atoms with E-state index in [9.17, 15) is 4.79 Å². The van der Waals surface area contributed by atoms with Crippen molar-refractivity contribution in [3.8, 4) is 0 Å². The minimum atomic E-state index is -0.215. The van der Waals surface area contributed by atoms with E-state index >= 15 is 0 Å². The number of nitrogens with one attached hydrogen (secondary N) is 1. The van der Waals surface area contributed by atoms with Crippen LogP contribution in [0.5, 0.6) is 0 Å². The highest BCUT2D eigenvalue weighted by Gasteiger charge is 2.61. The molecule has 0 radical (unpaired) electrons. The summed E-state index contributed by atoms with van der Waals surface area (Å²) in [7, 11) is 0. The van der Waals surface area contributed by atoms with E-state index in [4.69, 9.17) is 11.6 Å². The summed E-state index contributed by atoms with van der Waals surface area (Å²) in [6, 6.07) is 0.192. The van der Waals surface area contributed by atoms with Crippen molar-refractivity contribution in [3.63, 3.8) is 0 Å². The molecule has 4 saturated carbocycles. The summed E-state index contributed by atoms with van der Waals surface area (Å²) in [6.45, 7) is 4.07. The van der Waals surface area contributed by atoms with Crippen molar-refractivity contribution < 1.29 is 4.79 Å². The van der Waals surface area contributed by atoms with E-state index in [1.54, 1.807) is 6.33 Å². The molecule has 120 valence electrons. The Morgan fingerprint density at radius 3 is 2.59 bits per heavy atom. The maximum atomic E-state index is 12.9. The van der Waals surface area contributed by atoms with Crippen LogP contribution in [0.2, 0.25) is 5.28 Å². The molecule has 0 saturated heterocycles. The smallest absolute Gasteiger partial charge is 0.242 e. The second kappa shape index (κ2) is 4.70. The summed E-state index contributed by atoms with van der Waals surface area (Å²) in [5.74, 6) is 1.50. The van der Waals surface area contributed by atoms with E-state index in [0.29, 0.717) is 17.1 Å². The molecule has 5 nitrogen and oxygen atoms in total. The van der Waals surface area contributed by atoms with Gasteiger partial charge in [0, 0.05) is 6.04 Å². The third-order valence-corrected chi connectivity index (χ3v) is 6.05. The van der Waals surface area contributed by atoms with Crippen LogP contribution in [0.15, 0.2) is 6.33 Å². The third kappa shape index (κ3) is 2.08. The van der Waals surface area contributed by atoms with E-state index < -0.39 is 0 Å². The van der Waals surface area contributed by atoms with Crippen LogP contribution < -0.4 is 5.32 Å². The van der Waals surface area contributed by atoms with Gasteiger partial charge in [-0.25, -0.2) is 9.67 Å². The number of rotatable bonds is 3. The molecule has 5 rings (SSSR count). The highest BCUT2D eigenvalue weighted by molar-refractivity contribution is 6.28. The number of amides is 1. The Hall–Kier alpha value is -1.10. The van der Waals surface area contributed by atoms with Crippen LogP contribution in [0.25, 0.3) is 0 Å². The van der Waals surface area contributed by atoms with Gasteiger partial charge in [-0.2, -0.15) is 0 Å². The van der Waals surface area contributed by atoms with Gasteiger partial charge in [0.15, 0.2) is 0 Å². The van der Waals surface area contributed by atoms with Gasteiger partial charge in [0.25, 0.3) is 0 Å². The molecule has 4 fully saturated rings. The standard InChI is InChI=1S/C16H23ClN4O/c1-10(2)19-13(22)15-4-11-3-12(5-15)7-16(6-11,8-15)21-9-18-14(17)20-21/h9-12H,3-8H2,1-2H3,(H,19,22)/t11-,12-,15?,16?/m0/s1. The predicted octanol–water partition coefficient (Wildman–Crippen LogP) is 2.75. The zero-order valence-electron chi connectivity index (χ0n) is 13.2. The first-order valence-electron chi connectivity index (χ1n) is 8.29. The van der Waals surface area contributed by atoms with Gasteiger partial charge in [0.1, 0.15) is 6.33 Å². The van der Waals surface area contributed by atoms with Crippen LogP contribution in [-0.2, 0) is 10.3 Å². The van der Waals surface area contributed by atoms with Crippen LogP contribution >= 0.6 is 11.6 Å². The Balaban J connectivity index is 1.70. The molecular formula is C16H23ClN4O. The molecule has 1 N–H and O–H groups in total. The summed E-state index contributed by atoms with van der Waals surface area (Å²) >= 11 is 5.94. The van der Waals surface area contributed by atoms with E-state index in [0.717, 1.165) is 32.1 Å². The van der Waals surface area contributed by atoms with Gasteiger partial charge >= 0.3 is 0 Å². The predicted molar refractivity (Wildman–Crippen MR) is 83.4 cm³/mol. The van der Waals surface area contributed by atoms with Crippen molar-refractivity contribution in [1.82, 2.24) is 20.1 Å². The lowest BCUT2D eigenvalue weighted by Gasteiger charge is -2.61. The van der Waals surface area contributed by atoms with Crippen LogP contribution in [-0.4, -0.2) is 26.7 Å². The van der Waals surface area contributed by atoms with Crippen LogP contribution in [0.3, 0.4) is 0 Å². The molecule has 1 aromatic heterocycles. The molecule has 0 unspecified atom stereocenters. The largest absolute Gasteiger partial charge is 0.353 e. The molecule has 0 spiro atoms. The van der Waals surface area contributed by atoms with E-state index in [1.807, 2.05) is 18.5 Å². The molecule has 1 heterocycles. The molecule has 4 aliphatic carbocycles. The summed E-state index contributed by atoms with van der Waals surface area (Å²) in [5, 5.41) is 7.86. The zero-order valence-corrected chi connectivity index (χ0v) is 13.9. The topological polar surface area (TPSA) is 59.8 Å². The number of hydrogen-bond donors (Lipinski definition) is 1. The summed E-state index contributed by atoms with van der Waals surface area (Å²) in [5.41, 5.74) is -0.272. The first kappa shape index (κ1) is 14.5. The average molecular weight is 323 g/mol. The molecule has 4 aliphatic rings. The summed E-state index contributed by atoms with van der Waals surface area (Å²) in [6.07, 6.45) is 8.19. The SMILES string of the molecule is CC(C)NC(=O)C12C[C@@H]3C[C@@H](C1)CC(n1cnc(Cl)n1)(C3)C2. The number of hydrogen-bond acceptors (Lipinski definition) is 3. The average Bonchev–Trinajstić information content (AvgIpc) is 2.84. The minimum absolute atomic E-state index is 0.0570. The van der Waals surface area contributed by atoms with Gasteiger partial charge in [0.2, 0.25) is 11.2 Å². The van der Waals surface area contributed by atoms with Crippen molar-refractivity contribution in [2.75, 3.05) is 0 Å². The molecule has 1 amide bonds. The maximum absolute atomic E-state index is 12.9. The quantitative estimate of drug-likeness (QED) is 0.930. The highest BCUT2D eigenvalue weighted by atomic mass is 35.5. The number of aromatic nitrogens is 3. The Morgan fingerprint density at radius 1 is 1.36 bits per heavy atom. The second-order valence-electron chi connectivity index (χ2n) is 8.05. The first-order valence-corrected chi connectivity index (χ1v) is 8.67. The lowest BCUT2D eigenvalue weighted by atomic mass is 9.46. The van der Waals surface area contributed by atoms with E-state index in [1.165, 1.54) is 6.42 Å². The zero-order chi connectivity index (χ0) is 15.5. The van der Waals surface area contributed by atoms with Gasteiger partial charge < -0.3 is 5.32 Å². The normalized spacial score (nSPS) is 39.5. The van der Waals surface area contributed by atoms with Gasteiger partial charge in [-0.15, -0.1) is 5.10 Å². The number of carbonyl (C=O) groups excluding carboxylic acids is 1. The van der Waals surface area contributed by atoms with Crippen molar-refractivity contribution in [2.45, 2.75) is 64.0 Å². The lowest BCUT2D eigenvalue weighted by Crippen LogP contribution is -2.61. The maximum Gasteiger partial charge on any atom is 0.242 e. The Morgan fingerprint density at radius 2 is 2.05 bits per heavy atom. The van der Waals surface area contributed by atoms with Gasteiger partial charge in [-0.1, -0.05) is 0 Å². The van der Waals surface area contributed by atoms with Gasteiger partial charge in [0.05, 0.1) is 11.0 Å². The highest BCUT2D eigenvalue weighted by Crippen LogP contribution is 2.64. The van der Waals surface area contributed by atoms with Gasteiger partial charge in [-0.3, -0.25) is 4.79 Å².